The SMILES string of the molecule is COc1ccc(CCC(=O)Nc2ccc(-n3ccnc3)cc2)cc1F. The number of benzene rings is 2. The van der Waals surface area contributed by atoms with Crippen LogP contribution in [0.15, 0.2) is 61.2 Å². The number of anilines is 1. The molecule has 0 saturated heterocycles. The Morgan fingerprint density at radius 1 is 1.24 bits per heavy atom. The Labute approximate surface area is 145 Å². The number of nitrogens with one attached hydrogen (secondary N) is 1. The minimum Gasteiger partial charge on any atom is -0.494 e. The molecule has 6 heteroatoms. The molecule has 0 unspecified atom stereocenters. The lowest BCUT2D eigenvalue weighted by atomic mass is 10.1. The van der Waals surface area contributed by atoms with Gasteiger partial charge in [0.15, 0.2) is 11.6 Å². The lowest BCUT2D eigenvalue weighted by Crippen LogP contribution is -2.12. The van der Waals surface area contributed by atoms with E-state index in [1.54, 1.807) is 24.7 Å². The lowest BCUT2D eigenvalue weighted by Gasteiger charge is -2.08. The predicted molar refractivity (Wildman–Crippen MR) is 93.5 cm³/mol. The van der Waals surface area contributed by atoms with Crippen molar-refractivity contribution in [1.29, 1.82) is 0 Å². The van der Waals surface area contributed by atoms with Crippen LogP contribution in [0.3, 0.4) is 0 Å². The van der Waals surface area contributed by atoms with Gasteiger partial charge in [0.25, 0.3) is 0 Å². The molecule has 3 rings (SSSR count). The van der Waals surface area contributed by atoms with Crippen LogP contribution in [0.2, 0.25) is 0 Å². The number of imidazole rings is 1. The van der Waals surface area contributed by atoms with Gasteiger partial charge in [0.05, 0.1) is 13.4 Å². The Kier molecular flexibility index (Phi) is 5.09. The van der Waals surface area contributed by atoms with E-state index in [4.69, 9.17) is 4.74 Å². The average Bonchev–Trinajstić information content (AvgIpc) is 3.15. The van der Waals surface area contributed by atoms with E-state index >= 15 is 0 Å². The number of carbonyl (C=O) groups is 1. The molecule has 0 spiro atoms. The number of methoxy groups -OCH3 is 1. The van der Waals surface area contributed by atoms with Crippen LogP contribution in [0.1, 0.15) is 12.0 Å². The molecule has 5 nitrogen and oxygen atoms in total. The molecule has 0 saturated carbocycles. The molecule has 0 aliphatic rings. The number of ether oxygens (including phenoxy) is 1. The van der Waals surface area contributed by atoms with Gasteiger partial charge in [-0.1, -0.05) is 6.07 Å². The molecule has 3 aromatic rings. The van der Waals surface area contributed by atoms with Crippen molar-refractivity contribution in [1.82, 2.24) is 9.55 Å². The zero-order valence-corrected chi connectivity index (χ0v) is 13.8. The van der Waals surface area contributed by atoms with E-state index in [0.29, 0.717) is 6.42 Å². The van der Waals surface area contributed by atoms with Crippen molar-refractivity contribution in [2.45, 2.75) is 12.8 Å². The van der Waals surface area contributed by atoms with Crippen LogP contribution in [-0.4, -0.2) is 22.6 Å². The monoisotopic (exact) mass is 339 g/mol. The minimum atomic E-state index is -0.421. The van der Waals surface area contributed by atoms with Crippen molar-refractivity contribution in [2.24, 2.45) is 0 Å². The Hall–Kier alpha value is -3.15. The van der Waals surface area contributed by atoms with Crippen LogP contribution in [0, 0.1) is 5.82 Å². The highest BCUT2D eigenvalue weighted by Crippen LogP contribution is 2.19. The molecule has 0 aliphatic heterocycles. The standard InChI is InChI=1S/C19H18FN3O2/c1-25-18-8-2-14(12-17(18)20)3-9-19(24)22-15-4-6-16(7-5-15)23-11-10-21-13-23/h2,4-8,10-13H,3,9H2,1H3,(H,22,24). The summed E-state index contributed by atoms with van der Waals surface area (Å²) in [6, 6.07) is 12.2. The highest BCUT2D eigenvalue weighted by Gasteiger charge is 2.07. The van der Waals surface area contributed by atoms with E-state index in [0.717, 1.165) is 16.9 Å². The summed E-state index contributed by atoms with van der Waals surface area (Å²) < 4.78 is 20.4. The number of nitrogens with zero attached hydrogens (tertiary/aromatic N) is 2. The van der Waals surface area contributed by atoms with Crippen LogP contribution < -0.4 is 10.1 Å². The first kappa shape index (κ1) is 16.7. The number of amides is 1. The third-order valence-corrected chi connectivity index (χ3v) is 3.81. The second kappa shape index (κ2) is 7.61. The molecule has 1 aromatic heterocycles. The molecule has 128 valence electrons. The predicted octanol–water partition coefficient (Wildman–Crippen LogP) is 3.59. The maximum atomic E-state index is 13.6. The second-order valence-corrected chi connectivity index (χ2v) is 5.53. The molecular formula is C19H18FN3O2. The molecule has 25 heavy (non-hydrogen) atoms. The quantitative estimate of drug-likeness (QED) is 0.747. The first-order chi connectivity index (χ1) is 12.2. The van der Waals surface area contributed by atoms with Crippen LogP contribution in [-0.2, 0) is 11.2 Å². The number of halogens is 1. The van der Waals surface area contributed by atoms with Crippen molar-refractivity contribution < 1.29 is 13.9 Å². The van der Waals surface area contributed by atoms with E-state index < -0.39 is 5.82 Å². The maximum absolute atomic E-state index is 13.6. The Bertz CT molecular complexity index is 846. The molecule has 0 bridgehead atoms. The third-order valence-electron chi connectivity index (χ3n) is 3.81. The van der Waals surface area contributed by atoms with Crippen LogP contribution in [0.4, 0.5) is 10.1 Å². The molecule has 0 fully saturated rings. The average molecular weight is 339 g/mol. The van der Waals surface area contributed by atoms with E-state index in [1.807, 2.05) is 35.0 Å². The fraction of sp³-hybridized carbons (Fsp3) is 0.158. The molecule has 1 N–H and O–H groups in total. The maximum Gasteiger partial charge on any atom is 0.224 e. The highest BCUT2D eigenvalue weighted by molar-refractivity contribution is 5.90. The van der Waals surface area contributed by atoms with Crippen LogP contribution in [0.5, 0.6) is 5.75 Å². The Morgan fingerprint density at radius 3 is 2.68 bits per heavy atom. The van der Waals surface area contributed by atoms with Gasteiger partial charge in [0.1, 0.15) is 0 Å². The van der Waals surface area contributed by atoms with Crippen LogP contribution in [0.25, 0.3) is 5.69 Å². The van der Waals surface area contributed by atoms with Crippen molar-refractivity contribution in [3.05, 3.63) is 72.6 Å². The number of hydrogen-bond acceptors (Lipinski definition) is 3. The zero-order valence-electron chi connectivity index (χ0n) is 13.8. The summed E-state index contributed by atoms with van der Waals surface area (Å²) in [7, 11) is 1.42. The minimum absolute atomic E-state index is 0.119. The van der Waals surface area contributed by atoms with Crippen LogP contribution >= 0.6 is 0 Å². The summed E-state index contributed by atoms with van der Waals surface area (Å²) in [5.74, 6) is -0.340. The van der Waals surface area contributed by atoms with E-state index in [-0.39, 0.29) is 18.1 Å². The van der Waals surface area contributed by atoms with Gasteiger partial charge in [0.2, 0.25) is 5.91 Å². The summed E-state index contributed by atoms with van der Waals surface area (Å²) in [6.45, 7) is 0. The Morgan fingerprint density at radius 2 is 2.04 bits per heavy atom. The number of rotatable bonds is 6. The lowest BCUT2D eigenvalue weighted by molar-refractivity contribution is -0.116. The smallest absolute Gasteiger partial charge is 0.224 e. The van der Waals surface area contributed by atoms with Gasteiger partial charge >= 0.3 is 0 Å². The van der Waals surface area contributed by atoms with Crippen molar-refractivity contribution in [3.8, 4) is 11.4 Å². The summed E-state index contributed by atoms with van der Waals surface area (Å²) in [5, 5.41) is 2.84. The van der Waals surface area contributed by atoms with E-state index in [1.165, 1.54) is 13.2 Å². The zero-order chi connectivity index (χ0) is 17.6. The number of carbonyl (C=O) groups excluding carboxylic acids is 1. The fourth-order valence-electron chi connectivity index (χ4n) is 2.48. The summed E-state index contributed by atoms with van der Waals surface area (Å²) in [6.07, 6.45) is 6.00. The summed E-state index contributed by atoms with van der Waals surface area (Å²) >= 11 is 0. The molecule has 0 atom stereocenters. The molecule has 0 radical (unpaired) electrons. The number of aromatic nitrogens is 2. The van der Waals surface area contributed by atoms with Crippen molar-refractivity contribution >= 4 is 11.6 Å². The summed E-state index contributed by atoms with van der Waals surface area (Å²) in [4.78, 5) is 16.1. The van der Waals surface area contributed by atoms with Crippen molar-refractivity contribution in [2.75, 3.05) is 12.4 Å². The van der Waals surface area contributed by atoms with Gasteiger partial charge in [-0.25, -0.2) is 9.37 Å². The molecule has 0 aliphatic carbocycles. The van der Waals surface area contributed by atoms with Gasteiger partial charge in [-0.3, -0.25) is 4.79 Å². The number of aryl methyl sites for hydroxylation is 1. The van der Waals surface area contributed by atoms with Gasteiger partial charge in [0, 0.05) is 30.2 Å². The van der Waals surface area contributed by atoms with E-state index in [9.17, 15) is 9.18 Å². The van der Waals surface area contributed by atoms with Gasteiger partial charge < -0.3 is 14.6 Å². The molecular weight excluding hydrogens is 321 g/mol. The topological polar surface area (TPSA) is 56.1 Å². The number of hydrogen-bond donors (Lipinski definition) is 1. The van der Waals surface area contributed by atoms with Gasteiger partial charge in [-0.05, 0) is 48.4 Å². The largest absolute Gasteiger partial charge is 0.494 e. The van der Waals surface area contributed by atoms with Gasteiger partial charge in [-0.15, -0.1) is 0 Å². The first-order valence-electron chi connectivity index (χ1n) is 7.86. The molecule has 2 aromatic carbocycles. The third kappa shape index (κ3) is 4.23. The molecule has 1 amide bonds. The van der Waals surface area contributed by atoms with Gasteiger partial charge in [-0.2, -0.15) is 0 Å². The first-order valence-corrected chi connectivity index (χ1v) is 7.86. The highest BCUT2D eigenvalue weighted by atomic mass is 19.1. The van der Waals surface area contributed by atoms with E-state index in [2.05, 4.69) is 10.3 Å². The fourth-order valence-corrected chi connectivity index (χ4v) is 2.48. The second-order valence-electron chi connectivity index (χ2n) is 5.53. The van der Waals surface area contributed by atoms with Crippen molar-refractivity contribution in [3.63, 3.8) is 0 Å². The normalized spacial score (nSPS) is 10.5. The summed E-state index contributed by atoms with van der Waals surface area (Å²) in [5.41, 5.74) is 2.43. The molecule has 1 heterocycles. The Balaban J connectivity index is 1.55.